The molecule has 4 aromatic rings. The summed E-state index contributed by atoms with van der Waals surface area (Å²) in [4.78, 5) is 27.9. The molecule has 44 heavy (non-hydrogen) atoms. The zero-order chi connectivity index (χ0) is 32.3. The predicted molar refractivity (Wildman–Crippen MR) is 164 cm³/mol. The first kappa shape index (κ1) is 32.8. The van der Waals surface area contributed by atoms with Crippen LogP contribution in [0.1, 0.15) is 66.1 Å². The van der Waals surface area contributed by atoms with Crippen molar-refractivity contribution >= 4 is 16.9 Å². The number of hydrogen-bond donors (Lipinski definition) is 1. The lowest BCUT2D eigenvalue weighted by molar-refractivity contribution is -0.919. The minimum absolute atomic E-state index is 0.0344. The number of fused-ring (bicyclic) bond motifs is 1. The second-order valence-corrected chi connectivity index (χ2v) is 12.2. The van der Waals surface area contributed by atoms with E-state index in [2.05, 4.69) is 27.7 Å². The van der Waals surface area contributed by atoms with Crippen molar-refractivity contribution in [3.63, 3.8) is 0 Å². The summed E-state index contributed by atoms with van der Waals surface area (Å²) in [5.74, 6) is -2.51. The molecule has 3 aromatic carbocycles. The molecule has 0 fully saturated rings. The highest BCUT2D eigenvalue weighted by Gasteiger charge is 2.41. The van der Waals surface area contributed by atoms with Crippen molar-refractivity contribution < 1.29 is 36.8 Å². The summed E-state index contributed by atoms with van der Waals surface area (Å²) in [5.41, 5.74) is 1.91. The second-order valence-electron chi connectivity index (χ2n) is 12.2. The fourth-order valence-electron chi connectivity index (χ4n) is 5.20. The van der Waals surface area contributed by atoms with Crippen molar-refractivity contribution in [3.8, 4) is 17.2 Å². The van der Waals surface area contributed by atoms with Crippen molar-refractivity contribution in [1.82, 2.24) is 0 Å². The fraction of sp³-hybridized carbons (Fsp3) is 0.371. The van der Waals surface area contributed by atoms with Gasteiger partial charge < -0.3 is 18.8 Å². The fourth-order valence-corrected chi connectivity index (χ4v) is 5.20. The van der Waals surface area contributed by atoms with E-state index in [4.69, 9.17) is 13.9 Å². The quantitative estimate of drug-likeness (QED) is 0.149. The number of aryl methyl sites for hydroxylation is 3. The molecule has 234 valence electrons. The Kier molecular flexibility index (Phi) is 9.88. The number of alkyl halides is 3. The van der Waals surface area contributed by atoms with Gasteiger partial charge in [0.25, 0.3) is 5.76 Å². The standard InChI is InChI=1S/C35H38F3NO5/c1-20(2)17-39(18-21(3)4)19-28-29(43-34(41)25-11-8-22(5)9-12-25)15-14-27-30(40)32(33(35(36,37)38)44-31(27)28)42-26-13-10-23(6)24(7)16-26/h8-16,20-21H,17-19H2,1-7H3/p+1. The number of rotatable bonds is 10. The molecule has 0 aliphatic heterocycles. The highest BCUT2D eigenvalue weighted by atomic mass is 19.4. The van der Waals surface area contributed by atoms with Gasteiger partial charge in [-0.25, -0.2) is 4.79 Å². The molecular formula is C35H39F3NO5+. The van der Waals surface area contributed by atoms with Gasteiger partial charge in [-0.1, -0.05) is 51.5 Å². The summed E-state index contributed by atoms with van der Waals surface area (Å²) < 4.78 is 60.5. The highest BCUT2D eigenvalue weighted by molar-refractivity contribution is 5.92. The summed E-state index contributed by atoms with van der Waals surface area (Å²) in [7, 11) is 0. The Morgan fingerprint density at radius 1 is 0.886 bits per heavy atom. The summed E-state index contributed by atoms with van der Waals surface area (Å²) in [5, 5.41) is -0.101. The first-order chi connectivity index (χ1) is 20.6. The van der Waals surface area contributed by atoms with Crippen molar-refractivity contribution in [1.29, 1.82) is 0 Å². The summed E-state index contributed by atoms with van der Waals surface area (Å²) in [6.07, 6.45) is -5.04. The number of benzene rings is 3. The molecule has 0 radical (unpaired) electrons. The van der Waals surface area contributed by atoms with E-state index >= 15 is 0 Å². The Morgan fingerprint density at radius 3 is 2.09 bits per heavy atom. The molecule has 0 bridgehead atoms. The third-order valence-electron chi connectivity index (χ3n) is 7.35. The molecule has 0 aliphatic carbocycles. The number of hydrogen-bond acceptors (Lipinski definition) is 5. The SMILES string of the molecule is Cc1ccc(C(=O)Oc2ccc3c(=O)c(Oc4ccc(C)c(C)c4)c(C(F)(F)F)oc3c2C[NH+](CC(C)C)CC(C)C)cc1. The average Bonchev–Trinajstić information content (AvgIpc) is 2.92. The van der Waals surface area contributed by atoms with E-state index in [1.54, 1.807) is 43.3 Å². The van der Waals surface area contributed by atoms with Gasteiger partial charge in [-0.3, -0.25) is 4.79 Å². The molecule has 4 rings (SSSR count). The molecule has 1 heterocycles. The Morgan fingerprint density at radius 2 is 1.52 bits per heavy atom. The van der Waals surface area contributed by atoms with Crippen LogP contribution in [0, 0.1) is 32.6 Å². The van der Waals surface area contributed by atoms with Gasteiger partial charge in [0.15, 0.2) is 5.58 Å². The second kappa shape index (κ2) is 13.3. The third kappa shape index (κ3) is 7.69. The Balaban J connectivity index is 1.93. The minimum atomic E-state index is -5.04. The monoisotopic (exact) mass is 610 g/mol. The lowest BCUT2D eigenvalue weighted by Gasteiger charge is -2.24. The van der Waals surface area contributed by atoms with Crippen LogP contribution in [0.3, 0.4) is 0 Å². The summed E-state index contributed by atoms with van der Waals surface area (Å²) >= 11 is 0. The van der Waals surface area contributed by atoms with E-state index in [0.717, 1.165) is 21.6 Å². The van der Waals surface area contributed by atoms with E-state index in [1.807, 2.05) is 13.8 Å². The lowest BCUT2D eigenvalue weighted by Crippen LogP contribution is -3.11. The van der Waals surface area contributed by atoms with Gasteiger partial charge in [0, 0.05) is 11.8 Å². The smallest absolute Gasteiger partial charge is 0.449 e. The Hall–Kier alpha value is -4.11. The molecule has 0 unspecified atom stereocenters. The van der Waals surface area contributed by atoms with E-state index in [9.17, 15) is 22.8 Å². The molecule has 1 aromatic heterocycles. The summed E-state index contributed by atoms with van der Waals surface area (Å²) in [6.45, 7) is 15.3. The Bertz CT molecular complexity index is 1700. The number of ether oxygens (including phenoxy) is 2. The maximum atomic E-state index is 14.5. The van der Waals surface area contributed by atoms with Crippen molar-refractivity contribution in [2.24, 2.45) is 11.8 Å². The van der Waals surface area contributed by atoms with Gasteiger partial charge >= 0.3 is 12.1 Å². The summed E-state index contributed by atoms with van der Waals surface area (Å²) in [6, 6.07) is 14.3. The van der Waals surface area contributed by atoms with E-state index in [-0.39, 0.29) is 52.0 Å². The normalized spacial score (nSPS) is 12.0. The first-order valence-corrected chi connectivity index (χ1v) is 14.7. The third-order valence-corrected chi connectivity index (χ3v) is 7.35. The molecule has 9 heteroatoms. The molecule has 0 amide bonds. The van der Waals surface area contributed by atoms with Crippen LogP contribution in [-0.4, -0.2) is 19.1 Å². The first-order valence-electron chi connectivity index (χ1n) is 14.7. The predicted octanol–water partition coefficient (Wildman–Crippen LogP) is 7.45. The molecule has 0 atom stereocenters. The molecule has 0 saturated heterocycles. The van der Waals surface area contributed by atoms with Crippen molar-refractivity contribution in [3.05, 3.63) is 98.4 Å². The highest BCUT2D eigenvalue weighted by Crippen LogP contribution is 2.40. The number of nitrogens with one attached hydrogen (secondary N) is 1. The van der Waals surface area contributed by atoms with Crippen molar-refractivity contribution in [2.45, 2.75) is 61.2 Å². The molecule has 6 nitrogen and oxygen atoms in total. The van der Waals surface area contributed by atoms with E-state index < -0.39 is 29.1 Å². The molecule has 0 aliphatic rings. The zero-order valence-electron chi connectivity index (χ0n) is 26.1. The number of esters is 1. The number of halogens is 3. The van der Waals surface area contributed by atoms with Gasteiger partial charge in [0.05, 0.1) is 29.6 Å². The van der Waals surface area contributed by atoms with Crippen LogP contribution >= 0.6 is 0 Å². The topological polar surface area (TPSA) is 70.2 Å². The average molecular weight is 611 g/mol. The van der Waals surface area contributed by atoms with Crippen LogP contribution in [0.25, 0.3) is 11.0 Å². The Labute approximate surface area is 255 Å². The van der Waals surface area contributed by atoms with E-state index in [0.29, 0.717) is 13.1 Å². The van der Waals surface area contributed by atoms with Crippen LogP contribution in [0.2, 0.25) is 0 Å². The van der Waals surface area contributed by atoms with Crippen LogP contribution < -0.4 is 19.8 Å². The molecule has 0 spiro atoms. The largest absolute Gasteiger partial charge is 0.453 e. The van der Waals surface area contributed by atoms with Gasteiger partial charge in [-0.2, -0.15) is 13.2 Å². The van der Waals surface area contributed by atoms with Gasteiger partial charge in [-0.15, -0.1) is 0 Å². The van der Waals surface area contributed by atoms with Crippen LogP contribution in [0.4, 0.5) is 13.2 Å². The van der Waals surface area contributed by atoms with Gasteiger partial charge in [-0.05, 0) is 68.3 Å². The van der Waals surface area contributed by atoms with Crippen LogP contribution in [-0.2, 0) is 12.7 Å². The van der Waals surface area contributed by atoms with Crippen LogP contribution in [0.15, 0.2) is 63.8 Å². The lowest BCUT2D eigenvalue weighted by atomic mass is 10.1. The van der Waals surface area contributed by atoms with Gasteiger partial charge in [0.2, 0.25) is 11.2 Å². The number of carbonyl (C=O) groups excluding carboxylic acids is 1. The maximum absolute atomic E-state index is 14.5. The van der Waals surface area contributed by atoms with Crippen molar-refractivity contribution in [2.75, 3.05) is 13.1 Å². The molecule has 0 saturated carbocycles. The van der Waals surface area contributed by atoms with E-state index in [1.165, 1.54) is 18.2 Å². The van der Waals surface area contributed by atoms with Crippen LogP contribution in [0.5, 0.6) is 17.2 Å². The van der Waals surface area contributed by atoms with Gasteiger partial charge in [0.1, 0.15) is 18.0 Å². The number of carbonyl (C=O) groups is 1. The minimum Gasteiger partial charge on any atom is -0.449 e. The molecular weight excluding hydrogens is 571 g/mol. The number of quaternary nitrogens is 1. The maximum Gasteiger partial charge on any atom is 0.453 e. The zero-order valence-corrected chi connectivity index (χ0v) is 26.1. The molecule has 1 N–H and O–H groups in total.